The van der Waals surface area contributed by atoms with E-state index >= 15 is 0 Å². The molecule has 2 aliphatic carbocycles. The summed E-state index contributed by atoms with van der Waals surface area (Å²) in [4.78, 5) is 26.8. The Morgan fingerprint density at radius 1 is 1.14 bits per heavy atom. The molecule has 3 aromatic heterocycles. The molecule has 0 bridgehead atoms. The van der Waals surface area contributed by atoms with Crippen LogP contribution in [0.15, 0.2) is 47.5 Å². The van der Waals surface area contributed by atoms with E-state index in [0.29, 0.717) is 23.5 Å². The van der Waals surface area contributed by atoms with Gasteiger partial charge in [0.25, 0.3) is 5.56 Å². The first kappa shape index (κ1) is 21.7. The van der Waals surface area contributed by atoms with Gasteiger partial charge in [0.05, 0.1) is 11.4 Å². The first-order valence-electron chi connectivity index (χ1n) is 12.7. The molecule has 4 aromatic rings. The van der Waals surface area contributed by atoms with Crippen molar-refractivity contribution in [2.75, 3.05) is 18.5 Å². The molecule has 1 aromatic carbocycles. The van der Waals surface area contributed by atoms with Crippen molar-refractivity contribution in [1.82, 2.24) is 29.6 Å². The minimum absolute atomic E-state index is 0.153. The number of pyridine rings is 1. The Hall–Kier alpha value is -3.59. The molecule has 1 spiro atoms. The molecule has 4 heterocycles. The van der Waals surface area contributed by atoms with Crippen molar-refractivity contribution in [3.05, 3.63) is 69.9 Å². The van der Waals surface area contributed by atoms with Gasteiger partial charge in [0, 0.05) is 42.1 Å². The van der Waals surface area contributed by atoms with E-state index in [1.165, 1.54) is 24.0 Å². The van der Waals surface area contributed by atoms with Gasteiger partial charge in [-0.2, -0.15) is 4.98 Å². The van der Waals surface area contributed by atoms with Gasteiger partial charge in [-0.1, -0.05) is 6.07 Å². The number of benzene rings is 1. The Bertz CT molecular complexity index is 1560. The number of hydrogen-bond acceptors (Lipinski definition) is 6. The largest absolute Gasteiger partial charge is 0.324 e. The summed E-state index contributed by atoms with van der Waals surface area (Å²) in [5, 5.41) is 7.45. The standard InChI is InChI=1S/C27H28FN7O/c1-2-34-24(36)20-15-30-25(32-18-3-4-21-17(13-18)5-12-31-27(21)9-10-27)33-23(20)35(34)19-6-11-29-22(14-19)26(16-28)7-8-26/h3-4,6,11,13-15,31H,2,5,7-10,12,16H2,1H3,(H,30,32,33). The van der Waals surface area contributed by atoms with Gasteiger partial charge in [-0.25, -0.2) is 14.3 Å². The SMILES string of the molecule is CCn1c(=O)c2cnc(Nc3ccc4c(c3)CCNC43CC3)nc2n1-c1ccnc(C2(CF)CC2)c1. The zero-order chi connectivity index (χ0) is 24.5. The molecule has 2 N–H and O–H groups in total. The summed E-state index contributed by atoms with van der Waals surface area (Å²) >= 11 is 0. The molecule has 0 radical (unpaired) electrons. The van der Waals surface area contributed by atoms with Crippen LogP contribution in [-0.4, -0.2) is 37.5 Å². The molecule has 36 heavy (non-hydrogen) atoms. The lowest BCUT2D eigenvalue weighted by Gasteiger charge is -2.27. The van der Waals surface area contributed by atoms with Crippen LogP contribution >= 0.6 is 0 Å². The third kappa shape index (κ3) is 3.22. The van der Waals surface area contributed by atoms with Gasteiger partial charge in [0.15, 0.2) is 5.65 Å². The van der Waals surface area contributed by atoms with E-state index in [2.05, 4.69) is 38.8 Å². The van der Waals surface area contributed by atoms with E-state index in [9.17, 15) is 9.18 Å². The van der Waals surface area contributed by atoms with Crippen LogP contribution in [0, 0.1) is 0 Å². The third-order valence-corrected chi connectivity index (χ3v) is 8.10. The van der Waals surface area contributed by atoms with Gasteiger partial charge < -0.3 is 10.6 Å². The molecular weight excluding hydrogens is 457 g/mol. The molecule has 2 fully saturated rings. The van der Waals surface area contributed by atoms with Crippen molar-refractivity contribution < 1.29 is 4.39 Å². The summed E-state index contributed by atoms with van der Waals surface area (Å²) in [6.07, 6.45) is 8.25. The second-order valence-corrected chi connectivity index (χ2v) is 10.3. The van der Waals surface area contributed by atoms with Crippen molar-refractivity contribution in [3.63, 3.8) is 0 Å². The van der Waals surface area contributed by atoms with Gasteiger partial charge in [0.1, 0.15) is 12.1 Å². The average Bonchev–Trinajstić information content (AvgIpc) is 3.83. The summed E-state index contributed by atoms with van der Waals surface area (Å²) in [5.74, 6) is 0.427. The minimum Gasteiger partial charge on any atom is -0.324 e. The molecule has 0 amide bonds. The summed E-state index contributed by atoms with van der Waals surface area (Å²) in [6, 6.07) is 10.2. The lowest BCUT2D eigenvalue weighted by Crippen LogP contribution is -2.36. The number of rotatable bonds is 6. The molecular formula is C27H28FN7O. The summed E-state index contributed by atoms with van der Waals surface area (Å²) in [5.41, 5.74) is 5.22. The van der Waals surface area contributed by atoms with Crippen molar-refractivity contribution in [3.8, 4) is 5.69 Å². The molecule has 3 aliphatic rings. The molecule has 1 aliphatic heterocycles. The van der Waals surface area contributed by atoms with Crippen LogP contribution in [0.4, 0.5) is 16.0 Å². The lowest BCUT2D eigenvalue weighted by molar-refractivity contribution is 0.412. The number of aromatic nitrogens is 5. The third-order valence-electron chi connectivity index (χ3n) is 8.10. The zero-order valence-corrected chi connectivity index (χ0v) is 20.2. The van der Waals surface area contributed by atoms with Crippen LogP contribution in [0.25, 0.3) is 16.7 Å². The molecule has 0 unspecified atom stereocenters. The van der Waals surface area contributed by atoms with Crippen molar-refractivity contribution in [2.45, 2.75) is 56.5 Å². The number of fused-ring (bicyclic) bond motifs is 3. The fourth-order valence-corrected chi connectivity index (χ4v) is 5.66. The molecule has 0 atom stereocenters. The van der Waals surface area contributed by atoms with Crippen LogP contribution in [0.5, 0.6) is 0 Å². The van der Waals surface area contributed by atoms with E-state index < -0.39 is 12.1 Å². The Morgan fingerprint density at radius 3 is 2.75 bits per heavy atom. The highest BCUT2D eigenvalue weighted by Gasteiger charge is 2.47. The highest BCUT2D eigenvalue weighted by molar-refractivity contribution is 5.77. The average molecular weight is 486 g/mol. The first-order chi connectivity index (χ1) is 17.6. The number of halogens is 1. The molecule has 2 saturated carbocycles. The van der Waals surface area contributed by atoms with Crippen LogP contribution < -0.4 is 16.2 Å². The number of anilines is 2. The first-order valence-corrected chi connectivity index (χ1v) is 12.7. The topological polar surface area (TPSA) is 89.7 Å². The minimum atomic E-state index is -0.487. The van der Waals surface area contributed by atoms with Crippen LogP contribution in [0.2, 0.25) is 0 Å². The highest BCUT2D eigenvalue weighted by atomic mass is 19.1. The normalized spacial score (nSPS) is 18.8. The Balaban J connectivity index is 1.29. The van der Waals surface area contributed by atoms with Crippen molar-refractivity contribution in [1.29, 1.82) is 0 Å². The summed E-state index contributed by atoms with van der Waals surface area (Å²) < 4.78 is 17.2. The molecule has 9 heteroatoms. The van der Waals surface area contributed by atoms with E-state index in [1.54, 1.807) is 21.8 Å². The number of nitrogens with zero attached hydrogens (tertiary/aromatic N) is 5. The summed E-state index contributed by atoms with van der Waals surface area (Å²) in [7, 11) is 0. The number of alkyl halides is 1. The number of hydrogen-bond donors (Lipinski definition) is 2. The Kier molecular flexibility index (Phi) is 4.64. The molecule has 8 nitrogen and oxygen atoms in total. The quantitative estimate of drug-likeness (QED) is 0.431. The maximum atomic E-state index is 13.7. The van der Waals surface area contributed by atoms with Gasteiger partial charge >= 0.3 is 0 Å². The second kappa shape index (κ2) is 7.70. The molecule has 7 rings (SSSR count). The lowest BCUT2D eigenvalue weighted by atomic mass is 9.92. The number of nitrogens with one attached hydrogen (secondary N) is 2. The van der Waals surface area contributed by atoms with Gasteiger partial charge in [0.2, 0.25) is 5.95 Å². The van der Waals surface area contributed by atoms with Crippen LogP contribution in [0.3, 0.4) is 0 Å². The summed E-state index contributed by atoms with van der Waals surface area (Å²) in [6.45, 7) is 2.95. The smallest absolute Gasteiger partial charge is 0.278 e. The maximum absolute atomic E-state index is 13.7. The maximum Gasteiger partial charge on any atom is 0.278 e. The monoisotopic (exact) mass is 485 g/mol. The Morgan fingerprint density at radius 2 is 2.00 bits per heavy atom. The zero-order valence-electron chi connectivity index (χ0n) is 20.2. The predicted molar refractivity (Wildman–Crippen MR) is 136 cm³/mol. The fraction of sp³-hybridized carbons (Fsp3) is 0.407. The second-order valence-electron chi connectivity index (χ2n) is 10.3. The van der Waals surface area contributed by atoms with Gasteiger partial charge in [-0.15, -0.1) is 0 Å². The van der Waals surface area contributed by atoms with Crippen molar-refractivity contribution >= 4 is 22.7 Å². The Labute approximate surface area is 207 Å². The van der Waals surface area contributed by atoms with E-state index in [0.717, 1.165) is 42.9 Å². The van der Waals surface area contributed by atoms with Crippen LogP contribution in [0.1, 0.15) is 49.4 Å². The van der Waals surface area contributed by atoms with Crippen LogP contribution in [-0.2, 0) is 23.9 Å². The van der Waals surface area contributed by atoms with E-state index in [-0.39, 0.29) is 11.1 Å². The van der Waals surface area contributed by atoms with E-state index in [1.807, 2.05) is 19.1 Å². The molecule has 0 saturated heterocycles. The van der Waals surface area contributed by atoms with Gasteiger partial charge in [-0.05, 0) is 74.4 Å². The predicted octanol–water partition coefficient (Wildman–Crippen LogP) is 3.88. The van der Waals surface area contributed by atoms with E-state index in [4.69, 9.17) is 4.98 Å². The fourth-order valence-electron chi connectivity index (χ4n) is 5.66. The van der Waals surface area contributed by atoms with Crippen molar-refractivity contribution in [2.24, 2.45) is 0 Å². The molecule has 184 valence electrons. The highest BCUT2D eigenvalue weighted by Crippen LogP contribution is 2.49. The van der Waals surface area contributed by atoms with Gasteiger partial charge in [-0.3, -0.25) is 14.2 Å².